The molecule has 2 aromatic heterocycles. The second-order valence-corrected chi connectivity index (χ2v) is 5.82. The Balaban J connectivity index is 1.88. The van der Waals surface area contributed by atoms with E-state index >= 15 is 0 Å². The number of hydrogen-bond acceptors (Lipinski definition) is 4. The molecular weight excluding hydrogens is 292 g/mol. The molecule has 1 N–H and O–H groups in total. The molecule has 1 aromatic carbocycles. The first kappa shape index (κ1) is 13.1. The molecule has 0 unspecified atom stereocenters. The van der Waals surface area contributed by atoms with Crippen molar-refractivity contribution in [1.82, 2.24) is 14.8 Å². The highest BCUT2D eigenvalue weighted by molar-refractivity contribution is 7.10. The molecule has 0 amide bonds. The van der Waals surface area contributed by atoms with Gasteiger partial charge in [0.05, 0.1) is 11.4 Å². The van der Waals surface area contributed by atoms with Crippen molar-refractivity contribution in [2.45, 2.75) is 13.5 Å². The maximum Gasteiger partial charge on any atom is 0.138 e. The van der Waals surface area contributed by atoms with E-state index in [0.717, 1.165) is 17.9 Å². The van der Waals surface area contributed by atoms with Gasteiger partial charge in [-0.3, -0.25) is 0 Å². The Labute approximate surface area is 126 Å². The number of thiophene rings is 1. The SMILES string of the molecule is Cc1ccsc1CNc1cc(Cl)ccc1-n1cncn1. The fraction of sp³-hybridized carbons (Fsp3) is 0.143. The zero-order valence-electron chi connectivity index (χ0n) is 10.9. The number of aryl methyl sites for hydroxylation is 1. The van der Waals surface area contributed by atoms with Crippen molar-refractivity contribution >= 4 is 28.6 Å². The molecule has 0 fully saturated rings. The van der Waals surface area contributed by atoms with Crippen LogP contribution in [0.2, 0.25) is 5.02 Å². The van der Waals surface area contributed by atoms with Crippen molar-refractivity contribution < 1.29 is 0 Å². The first-order valence-electron chi connectivity index (χ1n) is 6.15. The zero-order chi connectivity index (χ0) is 13.9. The summed E-state index contributed by atoms with van der Waals surface area (Å²) in [6.45, 7) is 2.88. The molecule has 3 aromatic rings. The average molecular weight is 305 g/mol. The van der Waals surface area contributed by atoms with E-state index in [1.54, 1.807) is 22.3 Å². The van der Waals surface area contributed by atoms with E-state index in [2.05, 4.69) is 33.8 Å². The first-order chi connectivity index (χ1) is 9.74. The maximum absolute atomic E-state index is 6.09. The Kier molecular flexibility index (Phi) is 3.71. The molecule has 4 nitrogen and oxygen atoms in total. The smallest absolute Gasteiger partial charge is 0.138 e. The molecule has 0 radical (unpaired) electrons. The van der Waals surface area contributed by atoms with Crippen molar-refractivity contribution in [2.75, 3.05) is 5.32 Å². The largest absolute Gasteiger partial charge is 0.378 e. The van der Waals surface area contributed by atoms with Crippen LogP contribution in [0.4, 0.5) is 5.69 Å². The molecule has 20 heavy (non-hydrogen) atoms. The van der Waals surface area contributed by atoms with Crippen LogP contribution in [0.1, 0.15) is 10.4 Å². The Hall–Kier alpha value is -1.85. The topological polar surface area (TPSA) is 42.7 Å². The van der Waals surface area contributed by atoms with Gasteiger partial charge in [-0.25, -0.2) is 9.67 Å². The number of nitrogens with zero attached hydrogens (tertiary/aromatic N) is 3. The third kappa shape index (κ3) is 2.69. The average Bonchev–Trinajstić information content (AvgIpc) is 3.08. The predicted molar refractivity (Wildman–Crippen MR) is 82.8 cm³/mol. The van der Waals surface area contributed by atoms with Crippen LogP contribution in [0.25, 0.3) is 5.69 Å². The summed E-state index contributed by atoms with van der Waals surface area (Å²) in [4.78, 5) is 5.29. The molecule has 0 aliphatic heterocycles. The summed E-state index contributed by atoms with van der Waals surface area (Å²) in [6.07, 6.45) is 3.19. The van der Waals surface area contributed by atoms with Crippen LogP contribution in [0.5, 0.6) is 0 Å². The highest BCUT2D eigenvalue weighted by Crippen LogP contribution is 2.25. The number of anilines is 1. The molecule has 0 atom stereocenters. The summed E-state index contributed by atoms with van der Waals surface area (Å²) in [7, 11) is 0. The minimum absolute atomic E-state index is 0.694. The summed E-state index contributed by atoms with van der Waals surface area (Å²) in [5.41, 5.74) is 3.17. The van der Waals surface area contributed by atoms with Gasteiger partial charge in [-0.05, 0) is 42.1 Å². The zero-order valence-corrected chi connectivity index (χ0v) is 12.4. The molecule has 0 aliphatic carbocycles. The van der Waals surface area contributed by atoms with Crippen molar-refractivity contribution in [3.05, 3.63) is 57.8 Å². The highest BCUT2D eigenvalue weighted by atomic mass is 35.5. The fourth-order valence-electron chi connectivity index (χ4n) is 1.94. The minimum atomic E-state index is 0.694. The van der Waals surface area contributed by atoms with E-state index in [9.17, 15) is 0 Å². The van der Waals surface area contributed by atoms with Gasteiger partial charge in [0.1, 0.15) is 12.7 Å². The summed E-state index contributed by atoms with van der Waals surface area (Å²) < 4.78 is 1.72. The summed E-state index contributed by atoms with van der Waals surface area (Å²) >= 11 is 7.83. The summed E-state index contributed by atoms with van der Waals surface area (Å²) in [5, 5.41) is 10.4. The van der Waals surface area contributed by atoms with Gasteiger partial charge in [-0.15, -0.1) is 11.3 Å². The van der Waals surface area contributed by atoms with E-state index in [4.69, 9.17) is 11.6 Å². The Morgan fingerprint density at radius 2 is 2.25 bits per heavy atom. The molecule has 6 heteroatoms. The Morgan fingerprint density at radius 1 is 1.35 bits per heavy atom. The molecule has 0 bridgehead atoms. The normalized spacial score (nSPS) is 10.7. The van der Waals surface area contributed by atoms with Crippen LogP contribution < -0.4 is 5.32 Å². The lowest BCUT2D eigenvalue weighted by atomic mass is 10.2. The van der Waals surface area contributed by atoms with Crippen LogP contribution in [-0.2, 0) is 6.54 Å². The van der Waals surface area contributed by atoms with Gasteiger partial charge < -0.3 is 5.32 Å². The molecule has 102 valence electrons. The molecule has 2 heterocycles. The van der Waals surface area contributed by atoms with Crippen molar-refractivity contribution in [2.24, 2.45) is 0 Å². The van der Waals surface area contributed by atoms with E-state index in [1.165, 1.54) is 16.8 Å². The second-order valence-electron chi connectivity index (χ2n) is 4.38. The third-order valence-electron chi connectivity index (χ3n) is 3.03. The van der Waals surface area contributed by atoms with Gasteiger partial charge in [-0.2, -0.15) is 5.10 Å². The van der Waals surface area contributed by atoms with E-state index in [0.29, 0.717) is 5.02 Å². The van der Waals surface area contributed by atoms with Gasteiger partial charge in [0.15, 0.2) is 0 Å². The summed E-state index contributed by atoms with van der Waals surface area (Å²) in [5.74, 6) is 0. The predicted octanol–water partition coefficient (Wildman–Crippen LogP) is 3.90. The number of nitrogens with one attached hydrogen (secondary N) is 1. The first-order valence-corrected chi connectivity index (χ1v) is 7.41. The van der Waals surface area contributed by atoms with E-state index in [1.807, 2.05) is 18.2 Å². The third-order valence-corrected chi connectivity index (χ3v) is 4.29. The van der Waals surface area contributed by atoms with Crippen molar-refractivity contribution in [3.63, 3.8) is 0 Å². The lowest BCUT2D eigenvalue weighted by Crippen LogP contribution is -2.04. The molecular formula is C14H13ClN4S. The molecule has 0 spiro atoms. The van der Waals surface area contributed by atoms with Gasteiger partial charge >= 0.3 is 0 Å². The molecule has 0 saturated carbocycles. The number of aromatic nitrogens is 3. The van der Waals surface area contributed by atoms with Crippen molar-refractivity contribution in [3.8, 4) is 5.69 Å². The van der Waals surface area contributed by atoms with Gasteiger partial charge in [0, 0.05) is 16.4 Å². The van der Waals surface area contributed by atoms with Crippen LogP contribution in [0.3, 0.4) is 0 Å². The lowest BCUT2D eigenvalue weighted by Gasteiger charge is -2.12. The van der Waals surface area contributed by atoms with Crippen LogP contribution in [0.15, 0.2) is 42.3 Å². The lowest BCUT2D eigenvalue weighted by molar-refractivity contribution is 0.878. The fourth-order valence-corrected chi connectivity index (χ4v) is 2.96. The second kappa shape index (κ2) is 5.64. The minimum Gasteiger partial charge on any atom is -0.378 e. The number of rotatable bonds is 4. The standard InChI is InChI=1S/C14H13ClN4S/c1-10-4-5-20-14(10)7-17-12-6-11(15)2-3-13(12)19-9-16-8-18-19/h2-6,8-9,17H,7H2,1H3. The van der Waals surface area contributed by atoms with E-state index in [-0.39, 0.29) is 0 Å². The monoisotopic (exact) mass is 304 g/mol. The molecule has 0 aliphatic rings. The van der Waals surface area contributed by atoms with Crippen LogP contribution in [0, 0.1) is 6.92 Å². The molecule has 0 saturated heterocycles. The maximum atomic E-state index is 6.09. The van der Waals surface area contributed by atoms with Crippen LogP contribution >= 0.6 is 22.9 Å². The van der Waals surface area contributed by atoms with Gasteiger partial charge in [0.2, 0.25) is 0 Å². The highest BCUT2D eigenvalue weighted by Gasteiger charge is 2.07. The van der Waals surface area contributed by atoms with Crippen LogP contribution in [-0.4, -0.2) is 14.8 Å². The Morgan fingerprint density at radius 3 is 2.95 bits per heavy atom. The van der Waals surface area contributed by atoms with Crippen molar-refractivity contribution in [1.29, 1.82) is 0 Å². The van der Waals surface area contributed by atoms with Gasteiger partial charge in [-0.1, -0.05) is 11.6 Å². The number of benzene rings is 1. The molecule has 3 rings (SSSR count). The number of hydrogen-bond donors (Lipinski definition) is 1. The van der Waals surface area contributed by atoms with E-state index < -0.39 is 0 Å². The Bertz CT molecular complexity index is 706. The quantitative estimate of drug-likeness (QED) is 0.795. The number of halogens is 1. The summed E-state index contributed by atoms with van der Waals surface area (Å²) in [6, 6.07) is 7.81. The van der Waals surface area contributed by atoms with Gasteiger partial charge in [0.25, 0.3) is 0 Å².